The molecule has 0 heterocycles. The van der Waals surface area contributed by atoms with Gasteiger partial charge >= 0.3 is 132 Å². The maximum atomic E-state index is 8.82. The van der Waals surface area contributed by atoms with Crippen LogP contribution < -0.4 is 103 Å². The van der Waals surface area contributed by atoms with Gasteiger partial charge in [-0.05, 0) is 0 Å². The van der Waals surface area contributed by atoms with Crippen LogP contribution in [0.5, 0.6) is 0 Å². The molecule has 0 unspecified atom stereocenters. The van der Waals surface area contributed by atoms with Crippen LogP contribution in [0.25, 0.3) is 0 Å². The average molecular weight is 279 g/mol. The Morgan fingerprint density at radius 2 is 1.12 bits per heavy atom. The van der Waals surface area contributed by atoms with E-state index in [0.29, 0.717) is 0 Å². The monoisotopic (exact) mass is 278 g/mol. The van der Waals surface area contributed by atoms with Gasteiger partial charge < -0.3 is 2.85 Å². The van der Waals surface area contributed by atoms with Crippen molar-refractivity contribution in [2.24, 2.45) is 0 Å². The molecular formula is H5BrCrK2O4. The Balaban J connectivity index is -0.00000000800. The van der Waals surface area contributed by atoms with Crippen LogP contribution in [0.2, 0.25) is 0 Å². The van der Waals surface area contributed by atoms with Crippen molar-refractivity contribution in [3.8, 4) is 0 Å². The number of hydrogen-bond acceptors (Lipinski definition) is 2. The summed E-state index contributed by atoms with van der Waals surface area (Å²) >= 11 is -5.25. The van der Waals surface area contributed by atoms with Crippen molar-refractivity contribution in [2.75, 3.05) is 0 Å². The van der Waals surface area contributed by atoms with Crippen LogP contribution >= 0.6 is 17.0 Å². The fraction of sp³-hybridized carbons (Fsp3) is 0. The molecule has 0 radical (unpaired) electrons. The Hall–Kier alpha value is 3.81. The van der Waals surface area contributed by atoms with Crippen molar-refractivity contribution >= 4 is 17.0 Å². The Kier molecular flexibility index (Phi) is 30.6. The van der Waals surface area contributed by atoms with Gasteiger partial charge in [0.2, 0.25) is 0 Å². The first-order valence-electron chi connectivity index (χ1n) is 0.698. The normalized spacial score (nSPS) is 7.25. The minimum atomic E-state index is -5.25. The zero-order chi connectivity index (χ0) is 4.50. The van der Waals surface area contributed by atoms with Crippen molar-refractivity contribution in [2.45, 2.75) is 0 Å². The second kappa shape index (κ2) is 10.8. The molecular weight excluding hydrogens is 274 g/mol. The van der Waals surface area contributed by atoms with E-state index in [4.69, 9.17) is 15.9 Å². The summed E-state index contributed by atoms with van der Waals surface area (Å²) in [5.74, 6) is 0. The van der Waals surface area contributed by atoms with Crippen molar-refractivity contribution in [1.82, 2.24) is 0 Å². The molecule has 0 aromatic rings. The van der Waals surface area contributed by atoms with Crippen molar-refractivity contribution in [3.05, 3.63) is 0 Å². The van der Waals surface area contributed by atoms with Gasteiger partial charge in [-0.15, -0.1) is 17.0 Å². The second-order valence-corrected chi connectivity index (χ2v) is 1.85. The molecule has 44 valence electrons. The van der Waals surface area contributed by atoms with E-state index in [2.05, 4.69) is 0 Å². The SMILES string of the molecule is Br.[H-].[H-].[K+].[K+].[O]=[Cr](=[O])([OH])[OH]. The molecule has 0 atom stereocenters. The molecule has 8 heteroatoms. The van der Waals surface area contributed by atoms with E-state index >= 15 is 0 Å². The molecule has 0 bridgehead atoms. The van der Waals surface area contributed by atoms with Gasteiger partial charge in [0.05, 0.1) is 0 Å². The predicted molar refractivity (Wildman–Crippen MR) is 18.4 cm³/mol. The van der Waals surface area contributed by atoms with Crippen molar-refractivity contribution in [3.63, 3.8) is 0 Å². The molecule has 0 saturated heterocycles. The number of halogens is 1. The van der Waals surface area contributed by atoms with Crippen LogP contribution in [-0.4, -0.2) is 8.32 Å². The Morgan fingerprint density at radius 3 is 1.12 bits per heavy atom. The molecule has 4 nitrogen and oxygen atoms in total. The zero-order valence-corrected chi connectivity index (χ0v) is 13.8. The zero-order valence-electron chi connectivity index (χ0n) is 6.53. The fourth-order valence-electron chi connectivity index (χ4n) is 0. The Bertz CT molecular complexity index is 104. The van der Waals surface area contributed by atoms with Crippen LogP contribution in [0, 0.1) is 0 Å². The summed E-state index contributed by atoms with van der Waals surface area (Å²) in [5, 5.41) is 0. The van der Waals surface area contributed by atoms with E-state index in [1.807, 2.05) is 0 Å². The van der Waals surface area contributed by atoms with Crippen molar-refractivity contribution in [1.29, 1.82) is 0 Å². The third-order valence-electron chi connectivity index (χ3n) is 0. The summed E-state index contributed by atoms with van der Waals surface area (Å²) < 4.78 is 31.9. The third-order valence-corrected chi connectivity index (χ3v) is 0. The van der Waals surface area contributed by atoms with Crippen LogP contribution in [0.4, 0.5) is 0 Å². The molecule has 0 aromatic heterocycles. The summed E-state index contributed by atoms with van der Waals surface area (Å²) in [5.41, 5.74) is 0. The molecule has 0 spiro atoms. The molecule has 0 fully saturated rings. The van der Waals surface area contributed by atoms with E-state index in [1.54, 1.807) is 0 Å². The van der Waals surface area contributed by atoms with E-state index in [0.717, 1.165) is 0 Å². The molecule has 0 amide bonds. The molecule has 0 aromatic carbocycles. The summed E-state index contributed by atoms with van der Waals surface area (Å²) in [6, 6.07) is 0. The van der Waals surface area contributed by atoms with Gasteiger partial charge in [-0.1, -0.05) is 0 Å². The van der Waals surface area contributed by atoms with Crippen molar-refractivity contribution < 1.29 is 135 Å². The quantitative estimate of drug-likeness (QED) is 0.432. The molecule has 0 aliphatic rings. The predicted octanol–water partition coefficient (Wildman–Crippen LogP) is -6.54. The first-order valence-corrected chi connectivity index (χ1v) is 2.88. The van der Waals surface area contributed by atoms with E-state index in [9.17, 15) is 0 Å². The van der Waals surface area contributed by atoms with Crippen LogP contribution in [0.15, 0.2) is 0 Å². The van der Waals surface area contributed by atoms with Gasteiger partial charge in [0.25, 0.3) is 0 Å². The van der Waals surface area contributed by atoms with Gasteiger partial charge in [0.15, 0.2) is 0 Å². The standard InChI is InChI=1S/BrH.Cr.2K.2H2O.2O.2H/h1H;;;;2*1H2;;;;/q;+2;2*+1;;;;;2*-1/p-2. The summed E-state index contributed by atoms with van der Waals surface area (Å²) in [6.07, 6.45) is 0. The van der Waals surface area contributed by atoms with Gasteiger partial charge in [-0.2, -0.15) is 0 Å². The van der Waals surface area contributed by atoms with Gasteiger partial charge in [-0.3, -0.25) is 0 Å². The van der Waals surface area contributed by atoms with E-state index in [-0.39, 0.29) is 123 Å². The molecule has 0 rings (SSSR count). The summed E-state index contributed by atoms with van der Waals surface area (Å²) in [7, 11) is 0. The van der Waals surface area contributed by atoms with Gasteiger partial charge in [-0.25, -0.2) is 0 Å². The minimum absolute atomic E-state index is 0. The number of rotatable bonds is 0. The Labute approximate surface area is 148 Å². The molecule has 2 N–H and O–H groups in total. The molecule has 0 aliphatic carbocycles. The Morgan fingerprint density at radius 1 is 1.12 bits per heavy atom. The van der Waals surface area contributed by atoms with Crippen LogP contribution in [0.3, 0.4) is 0 Å². The third kappa shape index (κ3) is 52.5. The molecule has 8 heavy (non-hydrogen) atoms. The fourth-order valence-corrected chi connectivity index (χ4v) is 0. The molecule has 0 saturated carbocycles. The summed E-state index contributed by atoms with van der Waals surface area (Å²) in [4.78, 5) is 0. The number of hydrogen-bond donors (Lipinski definition) is 2. The molecule has 0 aliphatic heterocycles. The van der Waals surface area contributed by atoms with Gasteiger partial charge in [0, 0.05) is 0 Å². The first kappa shape index (κ1) is 22.6. The van der Waals surface area contributed by atoms with Gasteiger partial charge in [0.1, 0.15) is 0 Å². The second-order valence-electron chi connectivity index (χ2n) is 0.448. The first-order chi connectivity index (χ1) is 2.00. The van der Waals surface area contributed by atoms with Crippen LogP contribution in [0.1, 0.15) is 2.85 Å². The average Bonchev–Trinajstić information content (AvgIpc) is 0.722. The van der Waals surface area contributed by atoms with Crippen LogP contribution in [-0.2, 0) is 21.2 Å². The summed E-state index contributed by atoms with van der Waals surface area (Å²) in [6.45, 7) is 0. The maximum absolute atomic E-state index is 8.82. The topological polar surface area (TPSA) is 74.6 Å². The van der Waals surface area contributed by atoms with E-state index in [1.165, 1.54) is 0 Å². The van der Waals surface area contributed by atoms with E-state index < -0.39 is 13.6 Å².